The van der Waals surface area contributed by atoms with E-state index in [1.165, 1.54) is 31.3 Å². The van der Waals surface area contributed by atoms with Gasteiger partial charge in [0, 0.05) is 12.1 Å². The smallest absolute Gasteiger partial charge is 0.243 e. The summed E-state index contributed by atoms with van der Waals surface area (Å²) in [6.07, 6.45) is 0. The fraction of sp³-hybridized carbons (Fsp3) is 0.278. The first kappa shape index (κ1) is 19.4. The van der Waals surface area contributed by atoms with Gasteiger partial charge in [-0.2, -0.15) is 4.31 Å². The molecule has 1 amide bonds. The summed E-state index contributed by atoms with van der Waals surface area (Å²) in [5.74, 6) is -0.365. The minimum absolute atomic E-state index is 0.0964. The van der Waals surface area contributed by atoms with Gasteiger partial charge in [-0.25, -0.2) is 8.42 Å². The van der Waals surface area contributed by atoms with E-state index in [-0.39, 0.29) is 23.4 Å². The summed E-state index contributed by atoms with van der Waals surface area (Å²) >= 11 is 5.78. The van der Waals surface area contributed by atoms with Gasteiger partial charge in [0.25, 0.3) is 0 Å². The van der Waals surface area contributed by atoms with Gasteiger partial charge in [0.2, 0.25) is 15.9 Å². The summed E-state index contributed by atoms with van der Waals surface area (Å²) < 4.78 is 26.0. The molecule has 0 heterocycles. The second-order valence-electron chi connectivity index (χ2n) is 5.86. The quantitative estimate of drug-likeness (QED) is 0.837. The maximum Gasteiger partial charge on any atom is 0.243 e. The molecule has 0 aliphatic carbocycles. The van der Waals surface area contributed by atoms with Crippen LogP contribution in [0.1, 0.15) is 24.1 Å². The molecule has 5 nitrogen and oxygen atoms in total. The molecule has 7 heteroatoms. The fourth-order valence-electron chi connectivity index (χ4n) is 2.51. The van der Waals surface area contributed by atoms with E-state index in [0.717, 1.165) is 15.4 Å². The number of nitrogens with zero attached hydrogens (tertiary/aromatic N) is 1. The van der Waals surface area contributed by atoms with Crippen LogP contribution in [0.4, 0.5) is 0 Å². The summed E-state index contributed by atoms with van der Waals surface area (Å²) in [6, 6.07) is 13.4. The molecule has 0 saturated heterocycles. The number of hydrogen-bond donors (Lipinski definition) is 1. The number of halogens is 1. The summed E-state index contributed by atoms with van der Waals surface area (Å²) in [5, 5.41) is 3.28. The second-order valence-corrected chi connectivity index (χ2v) is 8.34. The van der Waals surface area contributed by atoms with Crippen LogP contribution in [-0.4, -0.2) is 32.2 Å². The molecule has 1 atom stereocenters. The Labute approximate surface area is 153 Å². The normalized spacial score (nSPS) is 12.8. The number of hydrogen-bond acceptors (Lipinski definition) is 3. The molecule has 0 spiro atoms. The third-order valence-corrected chi connectivity index (χ3v) is 5.99. The Morgan fingerprint density at radius 3 is 2.36 bits per heavy atom. The molecule has 0 fully saturated rings. The van der Waals surface area contributed by atoms with Crippen molar-refractivity contribution in [2.75, 3.05) is 13.6 Å². The number of carbonyl (C=O) groups excluding carboxylic acids is 1. The minimum Gasteiger partial charge on any atom is -0.348 e. The van der Waals surface area contributed by atoms with Crippen molar-refractivity contribution in [2.24, 2.45) is 0 Å². The van der Waals surface area contributed by atoms with Crippen molar-refractivity contribution in [2.45, 2.75) is 24.8 Å². The first-order valence-electron chi connectivity index (χ1n) is 7.78. The Morgan fingerprint density at radius 1 is 1.16 bits per heavy atom. The summed E-state index contributed by atoms with van der Waals surface area (Å²) in [7, 11) is -2.37. The van der Waals surface area contributed by atoms with Crippen LogP contribution in [0.15, 0.2) is 53.4 Å². The average Bonchev–Trinajstić information content (AvgIpc) is 2.55. The van der Waals surface area contributed by atoms with Crippen LogP contribution in [0.5, 0.6) is 0 Å². The molecule has 0 aromatic heterocycles. The topological polar surface area (TPSA) is 66.5 Å². The van der Waals surface area contributed by atoms with Crippen molar-refractivity contribution >= 4 is 27.5 Å². The highest BCUT2D eigenvalue weighted by molar-refractivity contribution is 7.89. The molecule has 0 radical (unpaired) electrons. The monoisotopic (exact) mass is 380 g/mol. The van der Waals surface area contributed by atoms with Gasteiger partial charge in [-0.1, -0.05) is 35.9 Å². The third-order valence-electron chi connectivity index (χ3n) is 3.92. The standard InChI is InChI=1S/C18H21ClN2O3S/c1-13-6-4-5-7-17(13)14(2)20-18(22)12-21(3)25(23,24)16-10-8-15(19)9-11-16/h4-11,14H,12H2,1-3H3,(H,20,22). The maximum absolute atomic E-state index is 12.5. The van der Waals surface area contributed by atoms with Gasteiger partial charge < -0.3 is 5.32 Å². The molecule has 1 N–H and O–H groups in total. The molecule has 2 aromatic carbocycles. The van der Waals surface area contributed by atoms with Gasteiger partial charge in [0.1, 0.15) is 0 Å². The number of benzene rings is 2. The Balaban J connectivity index is 2.04. The number of rotatable bonds is 6. The fourth-order valence-corrected chi connectivity index (χ4v) is 3.76. The maximum atomic E-state index is 12.5. The van der Waals surface area contributed by atoms with Crippen LogP contribution in [0.2, 0.25) is 5.02 Å². The highest BCUT2D eigenvalue weighted by Gasteiger charge is 2.23. The lowest BCUT2D eigenvalue weighted by molar-refractivity contribution is -0.121. The van der Waals surface area contributed by atoms with E-state index in [0.29, 0.717) is 5.02 Å². The number of nitrogens with one attached hydrogen (secondary N) is 1. The largest absolute Gasteiger partial charge is 0.348 e. The van der Waals surface area contributed by atoms with Crippen molar-refractivity contribution < 1.29 is 13.2 Å². The van der Waals surface area contributed by atoms with E-state index in [4.69, 9.17) is 11.6 Å². The van der Waals surface area contributed by atoms with E-state index < -0.39 is 10.0 Å². The number of aryl methyl sites for hydroxylation is 1. The first-order valence-corrected chi connectivity index (χ1v) is 9.60. The number of amides is 1. The van der Waals surface area contributed by atoms with Crippen LogP contribution in [0.3, 0.4) is 0 Å². The summed E-state index contributed by atoms with van der Waals surface area (Å²) in [5.41, 5.74) is 2.07. The SMILES string of the molecule is Cc1ccccc1C(C)NC(=O)CN(C)S(=O)(=O)c1ccc(Cl)cc1. The lowest BCUT2D eigenvalue weighted by Crippen LogP contribution is -2.39. The Kier molecular flexibility index (Phi) is 6.21. The van der Waals surface area contributed by atoms with E-state index >= 15 is 0 Å². The molecule has 0 saturated carbocycles. The van der Waals surface area contributed by atoms with Crippen LogP contribution >= 0.6 is 11.6 Å². The van der Waals surface area contributed by atoms with Crippen molar-refractivity contribution in [3.63, 3.8) is 0 Å². The van der Waals surface area contributed by atoms with Gasteiger partial charge >= 0.3 is 0 Å². The van der Waals surface area contributed by atoms with Crippen LogP contribution in [0, 0.1) is 6.92 Å². The molecule has 0 aliphatic heterocycles. The van der Waals surface area contributed by atoms with Gasteiger partial charge in [-0.05, 0) is 49.2 Å². The van der Waals surface area contributed by atoms with Gasteiger partial charge in [0.05, 0.1) is 17.5 Å². The Morgan fingerprint density at radius 2 is 1.76 bits per heavy atom. The zero-order chi connectivity index (χ0) is 18.6. The van der Waals surface area contributed by atoms with Gasteiger partial charge in [-0.3, -0.25) is 4.79 Å². The molecular formula is C18H21ClN2O3S. The van der Waals surface area contributed by atoms with Gasteiger partial charge in [0.15, 0.2) is 0 Å². The molecule has 25 heavy (non-hydrogen) atoms. The zero-order valence-electron chi connectivity index (χ0n) is 14.4. The van der Waals surface area contributed by atoms with Crippen molar-refractivity contribution in [3.8, 4) is 0 Å². The van der Waals surface area contributed by atoms with Crippen molar-refractivity contribution in [3.05, 3.63) is 64.7 Å². The van der Waals surface area contributed by atoms with E-state index in [2.05, 4.69) is 5.32 Å². The van der Waals surface area contributed by atoms with E-state index in [9.17, 15) is 13.2 Å². The highest BCUT2D eigenvalue weighted by Crippen LogP contribution is 2.18. The van der Waals surface area contributed by atoms with E-state index in [1.807, 2.05) is 38.1 Å². The minimum atomic E-state index is -3.75. The molecular weight excluding hydrogens is 360 g/mol. The summed E-state index contributed by atoms with van der Waals surface area (Å²) in [6.45, 7) is 3.57. The van der Waals surface area contributed by atoms with Gasteiger partial charge in [-0.15, -0.1) is 0 Å². The average molecular weight is 381 g/mol. The third kappa shape index (κ3) is 4.81. The molecule has 0 bridgehead atoms. The molecule has 2 rings (SSSR count). The van der Waals surface area contributed by atoms with E-state index in [1.54, 1.807) is 0 Å². The highest BCUT2D eigenvalue weighted by atomic mass is 35.5. The first-order chi connectivity index (χ1) is 11.7. The molecule has 134 valence electrons. The summed E-state index contributed by atoms with van der Waals surface area (Å²) in [4.78, 5) is 12.3. The van der Waals surface area contributed by atoms with Crippen molar-refractivity contribution in [1.82, 2.24) is 9.62 Å². The Bertz CT molecular complexity index is 851. The van der Waals surface area contributed by atoms with Crippen LogP contribution < -0.4 is 5.32 Å². The predicted octanol–water partition coefficient (Wildman–Crippen LogP) is 3.15. The molecule has 1 unspecified atom stereocenters. The molecule has 2 aromatic rings. The zero-order valence-corrected chi connectivity index (χ0v) is 15.9. The number of sulfonamides is 1. The Hall–Kier alpha value is -1.89. The van der Waals surface area contributed by atoms with Crippen LogP contribution in [0.25, 0.3) is 0 Å². The van der Waals surface area contributed by atoms with Crippen LogP contribution in [-0.2, 0) is 14.8 Å². The lowest BCUT2D eigenvalue weighted by Gasteiger charge is -2.20. The molecule has 0 aliphatic rings. The number of carbonyl (C=O) groups is 1. The predicted molar refractivity (Wildman–Crippen MR) is 99.0 cm³/mol. The lowest BCUT2D eigenvalue weighted by atomic mass is 10.0. The van der Waals surface area contributed by atoms with Crippen molar-refractivity contribution in [1.29, 1.82) is 0 Å². The number of likely N-dealkylation sites (N-methyl/N-ethyl adjacent to an activating group) is 1. The second kappa shape index (κ2) is 7.99.